The molecule has 0 aliphatic heterocycles. The van der Waals surface area contributed by atoms with Gasteiger partial charge in [-0.25, -0.2) is 0 Å². The van der Waals surface area contributed by atoms with E-state index in [1.165, 1.54) is 5.56 Å². The van der Waals surface area contributed by atoms with Gasteiger partial charge in [0.05, 0.1) is 17.5 Å². The molecule has 0 radical (unpaired) electrons. The molecule has 5 rings (SSSR count). The SMILES string of the molecule is Cc1cc(C)c(C)c(-c2cc3c4cc(CC(F)(F)F)ccc4n(-c4ccccc4)c3n[n+]2C)c1. The van der Waals surface area contributed by atoms with Crippen molar-refractivity contribution in [3.8, 4) is 16.9 Å². The minimum Gasteiger partial charge on any atom is -0.289 e. The number of rotatable bonds is 3. The lowest BCUT2D eigenvalue weighted by Crippen LogP contribution is -2.36. The molecule has 5 aromatic rings. The second-order valence-electron chi connectivity index (χ2n) is 8.96. The molecule has 0 saturated carbocycles. The fourth-order valence-corrected chi connectivity index (χ4v) is 4.75. The maximum absolute atomic E-state index is 13.2. The summed E-state index contributed by atoms with van der Waals surface area (Å²) < 4.78 is 43.4. The van der Waals surface area contributed by atoms with Crippen molar-refractivity contribution in [2.24, 2.45) is 7.05 Å². The first-order valence-corrected chi connectivity index (χ1v) is 11.2. The lowest BCUT2D eigenvalue weighted by Gasteiger charge is -2.09. The monoisotopic (exact) mass is 460 g/mol. The number of halogens is 3. The van der Waals surface area contributed by atoms with E-state index in [0.29, 0.717) is 5.65 Å². The maximum Gasteiger partial charge on any atom is 0.393 e. The van der Waals surface area contributed by atoms with Crippen molar-refractivity contribution in [1.82, 2.24) is 9.67 Å². The van der Waals surface area contributed by atoms with Crippen molar-refractivity contribution in [3.63, 3.8) is 0 Å². The highest BCUT2D eigenvalue weighted by Crippen LogP contribution is 2.35. The van der Waals surface area contributed by atoms with Crippen LogP contribution in [0.25, 0.3) is 38.9 Å². The minimum absolute atomic E-state index is 0.240. The zero-order valence-corrected chi connectivity index (χ0v) is 19.5. The number of hydrogen-bond acceptors (Lipinski definition) is 1. The molecule has 0 atom stereocenters. The van der Waals surface area contributed by atoms with Gasteiger partial charge in [0.15, 0.2) is 7.05 Å². The van der Waals surface area contributed by atoms with Gasteiger partial charge in [0.2, 0.25) is 11.3 Å². The van der Waals surface area contributed by atoms with Crippen LogP contribution in [0, 0.1) is 20.8 Å². The first kappa shape index (κ1) is 22.1. The molecular weight excluding hydrogens is 435 g/mol. The summed E-state index contributed by atoms with van der Waals surface area (Å²) in [5.74, 6) is 0. The van der Waals surface area contributed by atoms with E-state index < -0.39 is 12.6 Å². The van der Waals surface area contributed by atoms with Crippen LogP contribution in [0.15, 0.2) is 66.7 Å². The molecular formula is C28H25F3N3+. The molecule has 2 heterocycles. The lowest BCUT2D eigenvalue weighted by atomic mass is 9.97. The highest BCUT2D eigenvalue weighted by Gasteiger charge is 2.29. The Labute approximate surface area is 196 Å². The molecule has 3 aromatic carbocycles. The van der Waals surface area contributed by atoms with E-state index in [9.17, 15) is 13.2 Å². The highest BCUT2D eigenvalue weighted by atomic mass is 19.4. The van der Waals surface area contributed by atoms with Gasteiger partial charge in [0.1, 0.15) is 0 Å². The highest BCUT2D eigenvalue weighted by molar-refractivity contribution is 6.08. The molecule has 0 amide bonds. The lowest BCUT2D eigenvalue weighted by molar-refractivity contribution is -0.718. The maximum atomic E-state index is 13.2. The van der Waals surface area contributed by atoms with Crippen molar-refractivity contribution in [1.29, 1.82) is 0 Å². The Balaban J connectivity index is 1.86. The van der Waals surface area contributed by atoms with Crippen LogP contribution in [0.1, 0.15) is 22.3 Å². The number of benzene rings is 3. The summed E-state index contributed by atoms with van der Waals surface area (Å²) in [6, 6.07) is 21.1. The van der Waals surface area contributed by atoms with Crippen LogP contribution in [0.5, 0.6) is 0 Å². The summed E-state index contributed by atoms with van der Waals surface area (Å²) in [6.45, 7) is 6.23. The normalized spacial score (nSPS) is 12.1. The Kier molecular flexibility index (Phi) is 5.19. The van der Waals surface area contributed by atoms with Gasteiger partial charge >= 0.3 is 6.18 Å². The van der Waals surface area contributed by atoms with Crippen molar-refractivity contribution >= 4 is 21.9 Å². The van der Waals surface area contributed by atoms with Crippen LogP contribution >= 0.6 is 0 Å². The molecule has 0 aliphatic carbocycles. The van der Waals surface area contributed by atoms with Crippen LogP contribution in [-0.2, 0) is 13.5 Å². The van der Waals surface area contributed by atoms with Crippen molar-refractivity contribution in [2.75, 3.05) is 0 Å². The van der Waals surface area contributed by atoms with E-state index in [-0.39, 0.29) is 5.56 Å². The molecule has 3 nitrogen and oxygen atoms in total. The quantitative estimate of drug-likeness (QED) is 0.275. The van der Waals surface area contributed by atoms with Crippen molar-refractivity contribution in [3.05, 3.63) is 89.0 Å². The van der Waals surface area contributed by atoms with Gasteiger partial charge in [-0.05, 0) is 67.8 Å². The smallest absolute Gasteiger partial charge is 0.289 e. The van der Waals surface area contributed by atoms with E-state index >= 15 is 0 Å². The van der Waals surface area contributed by atoms with Gasteiger partial charge in [-0.1, -0.05) is 40.6 Å². The average Bonchev–Trinajstić information content (AvgIpc) is 3.07. The predicted octanol–water partition coefficient (Wildman–Crippen LogP) is 6.70. The van der Waals surface area contributed by atoms with Crippen LogP contribution in [0.4, 0.5) is 13.2 Å². The number of fused-ring (bicyclic) bond motifs is 3. The molecule has 0 aliphatic rings. The molecule has 0 unspecified atom stereocenters. The molecule has 2 aromatic heterocycles. The van der Waals surface area contributed by atoms with E-state index in [1.807, 2.05) is 46.6 Å². The number of nitrogens with zero attached hydrogens (tertiary/aromatic N) is 3. The molecule has 0 N–H and O–H groups in total. The van der Waals surface area contributed by atoms with Gasteiger partial charge in [-0.2, -0.15) is 13.2 Å². The Morgan fingerprint density at radius 1 is 0.882 bits per heavy atom. The zero-order chi connectivity index (χ0) is 24.2. The van der Waals surface area contributed by atoms with Gasteiger partial charge in [0.25, 0.3) is 0 Å². The van der Waals surface area contributed by atoms with Gasteiger partial charge < -0.3 is 0 Å². The van der Waals surface area contributed by atoms with Crippen LogP contribution in [-0.4, -0.2) is 15.8 Å². The summed E-state index contributed by atoms with van der Waals surface area (Å²) in [6.07, 6.45) is -5.23. The molecule has 0 spiro atoms. The van der Waals surface area contributed by atoms with Crippen LogP contribution < -0.4 is 4.68 Å². The Hall–Kier alpha value is -3.67. The summed E-state index contributed by atoms with van der Waals surface area (Å²) in [5, 5.41) is 6.52. The first-order chi connectivity index (χ1) is 16.1. The summed E-state index contributed by atoms with van der Waals surface area (Å²) in [5.41, 5.74) is 8.18. The van der Waals surface area contributed by atoms with E-state index in [1.54, 1.807) is 18.2 Å². The van der Waals surface area contributed by atoms with E-state index in [0.717, 1.165) is 44.4 Å². The third kappa shape index (κ3) is 3.83. The largest absolute Gasteiger partial charge is 0.393 e. The number of aryl methyl sites for hydroxylation is 3. The summed E-state index contributed by atoms with van der Waals surface area (Å²) >= 11 is 0. The molecule has 172 valence electrons. The second-order valence-corrected chi connectivity index (χ2v) is 8.96. The number of alkyl halides is 3. The van der Waals surface area contributed by atoms with Gasteiger partial charge in [-0.15, -0.1) is 0 Å². The summed E-state index contributed by atoms with van der Waals surface area (Å²) in [7, 11) is 1.91. The Bertz CT molecular complexity index is 1550. The Morgan fingerprint density at radius 2 is 1.62 bits per heavy atom. The number of aromatic nitrogens is 3. The zero-order valence-electron chi connectivity index (χ0n) is 19.5. The average molecular weight is 461 g/mol. The van der Waals surface area contributed by atoms with Crippen LogP contribution in [0.3, 0.4) is 0 Å². The number of para-hydroxylation sites is 1. The molecule has 0 fully saturated rings. The third-order valence-electron chi connectivity index (χ3n) is 6.43. The minimum atomic E-state index is -4.27. The van der Waals surface area contributed by atoms with Gasteiger partial charge in [0, 0.05) is 27.6 Å². The molecule has 6 heteroatoms. The summed E-state index contributed by atoms with van der Waals surface area (Å²) in [4.78, 5) is 0. The third-order valence-corrected chi connectivity index (χ3v) is 6.43. The topological polar surface area (TPSA) is 21.7 Å². The Morgan fingerprint density at radius 3 is 2.32 bits per heavy atom. The molecule has 0 bridgehead atoms. The van der Waals surface area contributed by atoms with E-state index in [4.69, 9.17) is 5.10 Å². The second kappa shape index (κ2) is 7.97. The standard InChI is InChI=1S/C28H25F3N3/c1-17-12-18(2)19(3)22(13-17)26-15-24-23-14-20(16-28(29,30)31)10-11-25(23)34(27(24)32-33(26)4)21-8-6-5-7-9-21/h5-15H,16H2,1-4H3/q+1. The number of hydrogen-bond donors (Lipinski definition) is 0. The van der Waals surface area contributed by atoms with Crippen molar-refractivity contribution in [2.45, 2.75) is 33.4 Å². The fraction of sp³-hybridized carbons (Fsp3) is 0.214. The molecule has 0 saturated heterocycles. The van der Waals surface area contributed by atoms with E-state index in [2.05, 4.69) is 39.0 Å². The van der Waals surface area contributed by atoms with Gasteiger partial charge in [-0.3, -0.25) is 4.57 Å². The van der Waals surface area contributed by atoms with Crippen molar-refractivity contribution < 1.29 is 17.9 Å². The first-order valence-electron chi connectivity index (χ1n) is 11.2. The predicted molar refractivity (Wildman–Crippen MR) is 129 cm³/mol. The van der Waals surface area contributed by atoms with Crippen LogP contribution in [0.2, 0.25) is 0 Å². The molecule has 34 heavy (non-hydrogen) atoms. The fourth-order valence-electron chi connectivity index (χ4n) is 4.75.